The van der Waals surface area contributed by atoms with Gasteiger partial charge >= 0.3 is 5.97 Å². The van der Waals surface area contributed by atoms with Gasteiger partial charge in [-0.1, -0.05) is 6.07 Å². The number of hydrogen-bond acceptors (Lipinski definition) is 3. The Morgan fingerprint density at radius 2 is 1.94 bits per heavy atom. The Balaban J connectivity index is 2.34. The summed E-state index contributed by atoms with van der Waals surface area (Å²) >= 11 is 0. The van der Waals surface area contributed by atoms with E-state index >= 15 is 0 Å². The van der Waals surface area contributed by atoms with Crippen LogP contribution in [0.25, 0.3) is 11.3 Å². The molecule has 2 rings (SSSR count). The van der Waals surface area contributed by atoms with Gasteiger partial charge in [0.15, 0.2) is 0 Å². The average molecular weight is 232 g/mol. The Hall–Kier alpha value is -2.30. The van der Waals surface area contributed by atoms with Crippen LogP contribution in [-0.2, 0) is 11.2 Å². The van der Waals surface area contributed by atoms with Gasteiger partial charge in [-0.25, -0.2) is 4.98 Å². The van der Waals surface area contributed by atoms with Gasteiger partial charge in [0.25, 0.3) is 0 Å². The van der Waals surface area contributed by atoms with E-state index in [2.05, 4.69) is 9.97 Å². The maximum Gasteiger partial charge on any atom is 0.307 e. The van der Waals surface area contributed by atoms with E-state index in [4.69, 9.17) is 5.11 Å². The van der Waals surface area contributed by atoms with E-state index < -0.39 is 11.9 Å². The van der Waals surface area contributed by atoms with Gasteiger partial charge in [-0.15, -0.1) is 0 Å². The molecule has 17 heavy (non-hydrogen) atoms. The second-order valence-corrected chi connectivity index (χ2v) is 3.45. The average Bonchev–Trinajstić information content (AvgIpc) is 2.32. The molecule has 0 atom stereocenters. The smallest absolute Gasteiger partial charge is 0.307 e. The van der Waals surface area contributed by atoms with E-state index in [1.54, 1.807) is 30.6 Å². The van der Waals surface area contributed by atoms with Gasteiger partial charge < -0.3 is 5.11 Å². The van der Waals surface area contributed by atoms with Crippen LogP contribution in [0.3, 0.4) is 0 Å². The first kappa shape index (κ1) is 11.2. The molecule has 0 fully saturated rings. The van der Waals surface area contributed by atoms with E-state index in [-0.39, 0.29) is 12.0 Å². The molecule has 0 aliphatic rings. The van der Waals surface area contributed by atoms with Crippen LogP contribution in [0.1, 0.15) is 5.56 Å². The summed E-state index contributed by atoms with van der Waals surface area (Å²) in [6, 6.07) is 6.44. The molecule has 0 radical (unpaired) electrons. The summed E-state index contributed by atoms with van der Waals surface area (Å²) in [6.07, 6.45) is 2.80. The molecule has 0 amide bonds. The van der Waals surface area contributed by atoms with Crippen LogP contribution in [0.15, 0.2) is 36.7 Å². The van der Waals surface area contributed by atoms with Crippen molar-refractivity contribution < 1.29 is 14.3 Å². The summed E-state index contributed by atoms with van der Waals surface area (Å²) in [5, 5.41) is 8.57. The highest BCUT2D eigenvalue weighted by Crippen LogP contribution is 2.17. The highest BCUT2D eigenvalue weighted by atomic mass is 19.1. The van der Waals surface area contributed by atoms with E-state index in [0.29, 0.717) is 5.69 Å². The van der Waals surface area contributed by atoms with Crippen LogP contribution in [0.2, 0.25) is 0 Å². The molecule has 0 spiro atoms. The monoisotopic (exact) mass is 232 g/mol. The maximum absolute atomic E-state index is 13.5. The maximum atomic E-state index is 13.5. The molecule has 2 aromatic heterocycles. The van der Waals surface area contributed by atoms with Crippen molar-refractivity contribution in [3.63, 3.8) is 0 Å². The summed E-state index contributed by atoms with van der Waals surface area (Å²) in [4.78, 5) is 18.1. The van der Waals surface area contributed by atoms with Gasteiger partial charge in [-0.3, -0.25) is 9.78 Å². The highest BCUT2D eigenvalue weighted by molar-refractivity contribution is 5.70. The van der Waals surface area contributed by atoms with Crippen molar-refractivity contribution in [1.82, 2.24) is 9.97 Å². The van der Waals surface area contributed by atoms with Crippen molar-refractivity contribution in [2.75, 3.05) is 0 Å². The lowest BCUT2D eigenvalue weighted by Gasteiger charge is -2.03. The first-order chi connectivity index (χ1) is 8.16. The largest absolute Gasteiger partial charge is 0.481 e. The highest BCUT2D eigenvalue weighted by Gasteiger charge is 2.09. The molecule has 0 aliphatic carbocycles. The van der Waals surface area contributed by atoms with E-state index in [1.165, 1.54) is 6.07 Å². The molecular formula is C12H9FN2O2. The zero-order valence-corrected chi connectivity index (χ0v) is 8.80. The lowest BCUT2D eigenvalue weighted by atomic mass is 10.1. The van der Waals surface area contributed by atoms with Gasteiger partial charge in [-0.05, 0) is 18.2 Å². The number of aliphatic carboxylic acids is 1. The number of carbonyl (C=O) groups is 1. The normalized spacial score (nSPS) is 10.2. The Bertz CT molecular complexity index is 543. The van der Waals surface area contributed by atoms with Crippen LogP contribution in [0.4, 0.5) is 4.39 Å². The summed E-state index contributed by atoms with van der Waals surface area (Å²) < 4.78 is 13.5. The predicted octanol–water partition coefficient (Wildman–Crippen LogP) is 1.91. The Kier molecular flexibility index (Phi) is 3.09. The number of halogens is 1. The minimum absolute atomic E-state index is 0.0790. The molecule has 86 valence electrons. The fourth-order valence-corrected chi connectivity index (χ4v) is 1.44. The third-order valence-corrected chi connectivity index (χ3v) is 2.24. The first-order valence-corrected chi connectivity index (χ1v) is 4.94. The van der Waals surface area contributed by atoms with Crippen LogP contribution >= 0.6 is 0 Å². The SMILES string of the molecule is O=C(O)Cc1ccc(-c2ccncc2)nc1F. The number of carboxylic acid groups (broad SMARTS) is 1. The fraction of sp³-hybridized carbons (Fsp3) is 0.0833. The van der Waals surface area contributed by atoms with Crippen molar-refractivity contribution in [3.05, 3.63) is 48.2 Å². The van der Waals surface area contributed by atoms with Crippen molar-refractivity contribution >= 4 is 5.97 Å². The molecule has 1 N–H and O–H groups in total. The standard InChI is InChI=1S/C12H9FN2O2/c13-12-9(7-11(16)17)1-2-10(15-12)8-3-5-14-6-4-8/h1-6H,7H2,(H,16,17). The summed E-state index contributed by atoms with van der Waals surface area (Å²) in [5.74, 6) is -1.83. The van der Waals surface area contributed by atoms with Crippen LogP contribution in [0.5, 0.6) is 0 Å². The minimum Gasteiger partial charge on any atom is -0.481 e. The zero-order valence-electron chi connectivity index (χ0n) is 8.80. The zero-order chi connectivity index (χ0) is 12.3. The Labute approximate surface area is 96.8 Å². The topological polar surface area (TPSA) is 63.1 Å². The van der Waals surface area contributed by atoms with Crippen molar-refractivity contribution in [1.29, 1.82) is 0 Å². The Morgan fingerprint density at radius 3 is 2.53 bits per heavy atom. The molecule has 0 aromatic carbocycles. The minimum atomic E-state index is -1.08. The molecule has 0 bridgehead atoms. The fourth-order valence-electron chi connectivity index (χ4n) is 1.44. The lowest BCUT2D eigenvalue weighted by Crippen LogP contribution is -2.04. The number of rotatable bonds is 3. The number of aromatic nitrogens is 2. The summed E-state index contributed by atoms with van der Waals surface area (Å²) in [5.41, 5.74) is 1.27. The molecular weight excluding hydrogens is 223 g/mol. The third-order valence-electron chi connectivity index (χ3n) is 2.24. The quantitative estimate of drug-likeness (QED) is 0.821. The molecule has 0 aliphatic heterocycles. The molecule has 0 saturated carbocycles. The van der Waals surface area contributed by atoms with Gasteiger partial charge in [0.1, 0.15) is 0 Å². The van der Waals surface area contributed by atoms with Gasteiger partial charge in [0, 0.05) is 23.5 Å². The first-order valence-electron chi connectivity index (χ1n) is 4.94. The van der Waals surface area contributed by atoms with Crippen molar-refractivity contribution in [2.24, 2.45) is 0 Å². The van der Waals surface area contributed by atoms with Crippen LogP contribution in [0, 0.1) is 5.95 Å². The number of nitrogens with zero attached hydrogens (tertiary/aromatic N) is 2. The van der Waals surface area contributed by atoms with E-state index in [0.717, 1.165) is 5.56 Å². The molecule has 2 heterocycles. The second kappa shape index (κ2) is 4.69. The van der Waals surface area contributed by atoms with Gasteiger partial charge in [-0.2, -0.15) is 4.39 Å². The number of carboxylic acids is 1. The molecule has 0 saturated heterocycles. The number of hydrogen-bond donors (Lipinski definition) is 1. The third kappa shape index (κ3) is 2.63. The van der Waals surface area contributed by atoms with E-state index in [9.17, 15) is 9.18 Å². The summed E-state index contributed by atoms with van der Waals surface area (Å²) in [7, 11) is 0. The number of pyridine rings is 2. The van der Waals surface area contributed by atoms with Crippen LogP contribution < -0.4 is 0 Å². The van der Waals surface area contributed by atoms with Gasteiger partial charge in [0.05, 0.1) is 12.1 Å². The van der Waals surface area contributed by atoms with Gasteiger partial charge in [0.2, 0.25) is 5.95 Å². The Morgan fingerprint density at radius 1 is 1.24 bits per heavy atom. The molecule has 0 unspecified atom stereocenters. The van der Waals surface area contributed by atoms with E-state index in [1.807, 2.05) is 0 Å². The summed E-state index contributed by atoms with van der Waals surface area (Å²) in [6.45, 7) is 0. The van der Waals surface area contributed by atoms with Crippen molar-refractivity contribution in [3.8, 4) is 11.3 Å². The van der Waals surface area contributed by atoms with Crippen LogP contribution in [-0.4, -0.2) is 21.0 Å². The van der Waals surface area contributed by atoms with Crippen molar-refractivity contribution in [2.45, 2.75) is 6.42 Å². The molecule has 2 aromatic rings. The molecule has 4 nitrogen and oxygen atoms in total. The second-order valence-electron chi connectivity index (χ2n) is 3.45. The molecule has 5 heteroatoms. The predicted molar refractivity (Wildman–Crippen MR) is 58.8 cm³/mol. The lowest BCUT2D eigenvalue weighted by molar-refractivity contribution is -0.136.